The second kappa shape index (κ2) is 8.18. The first-order chi connectivity index (χ1) is 10.1. The highest BCUT2D eigenvalue weighted by Gasteiger charge is 2.12. The SMILES string of the molecule is CNCc1sc(CSc2ccc(Cl)cc2)nc1CC(C)C. The van der Waals surface area contributed by atoms with Crippen LogP contribution in [-0.4, -0.2) is 12.0 Å². The Bertz CT molecular complexity index is 564. The normalized spacial score (nSPS) is 11.3. The van der Waals surface area contributed by atoms with Crippen LogP contribution in [0.3, 0.4) is 0 Å². The van der Waals surface area contributed by atoms with Gasteiger partial charge in [0.1, 0.15) is 5.01 Å². The third kappa shape index (κ3) is 5.29. The molecule has 0 aliphatic rings. The number of hydrogen-bond acceptors (Lipinski definition) is 4. The minimum Gasteiger partial charge on any atom is -0.315 e. The van der Waals surface area contributed by atoms with Crippen molar-refractivity contribution in [2.45, 2.75) is 37.5 Å². The molecule has 0 amide bonds. The first-order valence-corrected chi connectivity index (χ1v) is 9.27. The van der Waals surface area contributed by atoms with E-state index in [9.17, 15) is 0 Å². The molecule has 1 N–H and O–H groups in total. The molecule has 2 aromatic rings. The summed E-state index contributed by atoms with van der Waals surface area (Å²) in [6.45, 7) is 5.39. The second-order valence-electron chi connectivity index (χ2n) is 5.35. The minimum atomic E-state index is 0.638. The predicted octanol–water partition coefficient (Wildman–Crippen LogP) is 5.01. The molecule has 0 bridgehead atoms. The highest BCUT2D eigenvalue weighted by atomic mass is 35.5. The highest BCUT2D eigenvalue weighted by Crippen LogP contribution is 2.28. The van der Waals surface area contributed by atoms with Gasteiger partial charge < -0.3 is 5.32 Å². The van der Waals surface area contributed by atoms with Crippen molar-refractivity contribution in [1.29, 1.82) is 0 Å². The molecule has 0 aliphatic heterocycles. The van der Waals surface area contributed by atoms with E-state index in [0.29, 0.717) is 5.92 Å². The third-order valence-electron chi connectivity index (χ3n) is 2.94. The summed E-state index contributed by atoms with van der Waals surface area (Å²) in [5.41, 5.74) is 1.26. The van der Waals surface area contributed by atoms with E-state index in [1.807, 2.05) is 42.3 Å². The van der Waals surface area contributed by atoms with E-state index in [4.69, 9.17) is 16.6 Å². The third-order valence-corrected chi connectivity index (χ3v) is 5.49. The van der Waals surface area contributed by atoms with Gasteiger partial charge in [-0.1, -0.05) is 25.4 Å². The van der Waals surface area contributed by atoms with Gasteiger partial charge in [-0.15, -0.1) is 23.1 Å². The summed E-state index contributed by atoms with van der Waals surface area (Å²) in [7, 11) is 1.99. The van der Waals surface area contributed by atoms with Crippen LogP contribution in [0, 0.1) is 5.92 Å². The number of hydrogen-bond donors (Lipinski definition) is 1. The molecular weight excluding hydrogens is 320 g/mol. The topological polar surface area (TPSA) is 24.9 Å². The number of benzene rings is 1. The van der Waals surface area contributed by atoms with Gasteiger partial charge in [-0.05, 0) is 43.7 Å². The van der Waals surface area contributed by atoms with Crippen molar-refractivity contribution in [2.75, 3.05) is 7.05 Å². The van der Waals surface area contributed by atoms with Crippen molar-refractivity contribution < 1.29 is 0 Å². The lowest BCUT2D eigenvalue weighted by Crippen LogP contribution is -2.07. The molecule has 0 saturated carbocycles. The first kappa shape index (κ1) is 16.8. The Morgan fingerprint density at radius 3 is 2.62 bits per heavy atom. The van der Waals surface area contributed by atoms with Gasteiger partial charge in [-0.2, -0.15) is 0 Å². The Hall–Kier alpha value is -0.550. The van der Waals surface area contributed by atoms with Crippen LogP contribution in [0.1, 0.15) is 29.4 Å². The molecule has 0 unspecified atom stereocenters. The van der Waals surface area contributed by atoms with Crippen LogP contribution in [0.5, 0.6) is 0 Å². The molecule has 0 fully saturated rings. The number of thioether (sulfide) groups is 1. The molecule has 1 heterocycles. The first-order valence-electron chi connectivity index (χ1n) is 7.09. The molecule has 2 rings (SSSR count). The smallest absolute Gasteiger partial charge is 0.103 e. The van der Waals surface area contributed by atoms with Crippen molar-refractivity contribution in [1.82, 2.24) is 10.3 Å². The molecule has 114 valence electrons. The predicted molar refractivity (Wildman–Crippen MR) is 94.4 cm³/mol. The Balaban J connectivity index is 2.03. The van der Waals surface area contributed by atoms with Crippen LogP contribution in [0.25, 0.3) is 0 Å². The van der Waals surface area contributed by atoms with Gasteiger partial charge in [-0.25, -0.2) is 4.98 Å². The molecule has 0 atom stereocenters. The summed E-state index contributed by atoms with van der Waals surface area (Å²) in [5.74, 6) is 1.56. The molecule has 1 aromatic heterocycles. The van der Waals surface area contributed by atoms with Gasteiger partial charge in [0, 0.05) is 21.3 Å². The van der Waals surface area contributed by atoms with Crippen molar-refractivity contribution in [3.8, 4) is 0 Å². The maximum absolute atomic E-state index is 5.91. The summed E-state index contributed by atoms with van der Waals surface area (Å²) >= 11 is 9.55. The fourth-order valence-electron chi connectivity index (χ4n) is 2.02. The summed E-state index contributed by atoms with van der Waals surface area (Å²) in [6, 6.07) is 7.99. The monoisotopic (exact) mass is 340 g/mol. The van der Waals surface area contributed by atoms with Crippen LogP contribution in [0.2, 0.25) is 5.02 Å². The minimum absolute atomic E-state index is 0.638. The van der Waals surface area contributed by atoms with Crippen molar-refractivity contribution in [2.24, 2.45) is 5.92 Å². The summed E-state index contributed by atoms with van der Waals surface area (Å²) < 4.78 is 0. The van der Waals surface area contributed by atoms with Crippen LogP contribution in [0.15, 0.2) is 29.2 Å². The van der Waals surface area contributed by atoms with Gasteiger partial charge in [0.05, 0.1) is 11.4 Å². The van der Waals surface area contributed by atoms with Crippen molar-refractivity contribution in [3.05, 3.63) is 44.9 Å². The highest BCUT2D eigenvalue weighted by molar-refractivity contribution is 7.98. The summed E-state index contributed by atoms with van der Waals surface area (Å²) in [6.07, 6.45) is 1.05. The van der Waals surface area contributed by atoms with Crippen LogP contribution in [0.4, 0.5) is 0 Å². The molecule has 5 heteroatoms. The number of aromatic nitrogens is 1. The lowest BCUT2D eigenvalue weighted by atomic mass is 10.1. The lowest BCUT2D eigenvalue weighted by molar-refractivity contribution is 0.630. The Morgan fingerprint density at radius 2 is 2.00 bits per heavy atom. The van der Waals surface area contributed by atoms with E-state index >= 15 is 0 Å². The van der Waals surface area contributed by atoms with Gasteiger partial charge in [0.2, 0.25) is 0 Å². The van der Waals surface area contributed by atoms with Gasteiger partial charge in [0.15, 0.2) is 0 Å². The number of halogens is 1. The molecule has 2 nitrogen and oxygen atoms in total. The van der Waals surface area contributed by atoms with E-state index in [-0.39, 0.29) is 0 Å². The molecule has 0 radical (unpaired) electrons. The summed E-state index contributed by atoms with van der Waals surface area (Å²) in [4.78, 5) is 7.44. The molecule has 21 heavy (non-hydrogen) atoms. The average molecular weight is 341 g/mol. The molecule has 1 aromatic carbocycles. The summed E-state index contributed by atoms with van der Waals surface area (Å²) in [5, 5.41) is 5.23. The van der Waals surface area contributed by atoms with Crippen LogP contribution < -0.4 is 5.32 Å². The second-order valence-corrected chi connectivity index (χ2v) is 8.00. The number of nitrogens with one attached hydrogen (secondary N) is 1. The van der Waals surface area contributed by atoms with E-state index in [2.05, 4.69) is 31.3 Å². The van der Waals surface area contributed by atoms with Crippen molar-refractivity contribution >= 4 is 34.7 Å². The molecular formula is C16H21ClN2S2. The van der Waals surface area contributed by atoms with E-state index in [0.717, 1.165) is 23.7 Å². The zero-order chi connectivity index (χ0) is 15.2. The average Bonchev–Trinajstić information content (AvgIpc) is 2.80. The standard InChI is InChI=1S/C16H21ClN2S2/c1-11(2)8-14-15(9-18-3)21-16(19-14)10-20-13-6-4-12(17)5-7-13/h4-7,11,18H,8-10H2,1-3H3. The Morgan fingerprint density at radius 1 is 1.29 bits per heavy atom. The van der Waals surface area contributed by atoms with Gasteiger partial charge >= 0.3 is 0 Å². The van der Waals surface area contributed by atoms with Gasteiger partial charge in [0.25, 0.3) is 0 Å². The van der Waals surface area contributed by atoms with Crippen LogP contribution >= 0.6 is 34.7 Å². The fraction of sp³-hybridized carbons (Fsp3) is 0.438. The molecule has 0 saturated heterocycles. The Kier molecular flexibility index (Phi) is 6.55. The largest absolute Gasteiger partial charge is 0.315 e. The van der Waals surface area contributed by atoms with E-state index < -0.39 is 0 Å². The number of thiazole rings is 1. The van der Waals surface area contributed by atoms with E-state index in [1.165, 1.54) is 20.5 Å². The van der Waals surface area contributed by atoms with E-state index in [1.54, 1.807) is 0 Å². The molecule has 0 spiro atoms. The Labute approximate surface area is 140 Å². The van der Waals surface area contributed by atoms with Gasteiger partial charge in [-0.3, -0.25) is 0 Å². The fourth-order valence-corrected chi connectivity index (χ4v) is 4.14. The zero-order valence-corrected chi connectivity index (χ0v) is 15.0. The maximum Gasteiger partial charge on any atom is 0.103 e. The lowest BCUT2D eigenvalue weighted by Gasteiger charge is -2.03. The van der Waals surface area contributed by atoms with Crippen molar-refractivity contribution in [3.63, 3.8) is 0 Å². The zero-order valence-electron chi connectivity index (χ0n) is 12.6. The quantitative estimate of drug-likeness (QED) is 0.717. The van der Waals surface area contributed by atoms with Crippen LogP contribution in [-0.2, 0) is 18.7 Å². The number of rotatable bonds is 7. The number of nitrogens with zero attached hydrogens (tertiary/aromatic N) is 1. The molecule has 0 aliphatic carbocycles. The maximum atomic E-state index is 5.91.